The molecule has 1 amide bonds. The molecule has 1 fully saturated rings. The second-order valence-corrected chi connectivity index (χ2v) is 5.91. The summed E-state index contributed by atoms with van der Waals surface area (Å²) in [6, 6.07) is 0.583. The molecular formula is C10H19IN2O. The van der Waals surface area contributed by atoms with Gasteiger partial charge in [-0.25, -0.2) is 0 Å². The molecule has 3 nitrogen and oxygen atoms in total. The van der Waals surface area contributed by atoms with E-state index >= 15 is 0 Å². The molecule has 0 aromatic heterocycles. The molecule has 0 aromatic rings. The Balaban J connectivity index is 2.57. The van der Waals surface area contributed by atoms with Gasteiger partial charge in [0.25, 0.3) is 0 Å². The van der Waals surface area contributed by atoms with Crippen molar-refractivity contribution >= 4 is 28.5 Å². The van der Waals surface area contributed by atoms with Crippen LogP contribution in [0.5, 0.6) is 0 Å². The lowest BCUT2D eigenvalue weighted by Gasteiger charge is -2.25. The van der Waals surface area contributed by atoms with Gasteiger partial charge in [-0.3, -0.25) is 9.69 Å². The van der Waals surface area contributed by atoms with Gasteiger partial charge in [0.15, 0.2) is 0 Å². The fourth-order valence-corrected chi connectivity index (χ4v) is 2.72. The summed E-state index contributed by atoms with van der Waals surface area (Å²) >= 11 is 2.44. The molecule has 1 atom stereocenters. The predicted octanol–water partition coefficient (Wildman–Crippen LogP) is 1.36. The molecule has 1 rings (SSSR count). The molecule has 1 heterocycles. The van der Waals surface area contributed by atoms with Crippen molar-refractivity contribution in [1.82, 2.24) is 9.80 Å². The molecular weight excluding hydrogens is 291 g/mol. The molecule has 0 aliphatic carbocycles. The van der Waals surface area contributed by atoms with E-state index in [1.54, 1.807) is 6.92 Å². The van der Waals surface area contributed by atoms with E-state index in [9.17, 15) is 4.79 Å². The summed E-state index contributed by atoms with van der Waals surface area (Å²) in [6.45, 7) is 9.98. The Morgan fingerprint density at radius 2 is 2.00 bits per heavy atom. The zero-order valence-electron chi connectivity index (χ0n) is 9.16. The zero-order valence-corrected chi connectivity index (χ0v) is 11.3. The monoisotopic (exact) mass is 310 g/mol. The third-order valence-corrected chi connectivity index (χ3v) is 3.47. The minimum atomic E-state index is 0.206. The lowest BCUT2D eigenvalue weighted by atomic mass is 10.3. The molecule has 0 radical (unpaired) electrons. The average molecular weight is 310 g/mol. The summed E-state index contributed by atoms with van der Waals surface area (Å²) in [5.74, 6) is 0.206. The van der Waals surface area contributed by atoms with E-state index in [0.29, 0.717) is 9.97 Å². The summed E-state index contributed by atoms with van der Waals surface area (Å²) in [6.07, 6.45) is 0. The first-order valence-corrected chi connectivity index (χ1v) is 6.39. The smallest absolute Gasteiger partial charge is 0.219 e. The van der Waals surface area contributed by atoms with Crippen LogP contribution in [0.15, 0.2) is 0 Å². The molecule has 0 saturated carbocycles. The quantitative estimate of drug-likeness (QED) is 0.539. The largest absolute Gasteiger partial charge is 0.341 e. The Labute approximate surface area is 100.0 Å². The molecule has 1 saturated heterocycles. The van der Waals surface area contributed by atoms with Gasteiger partial charge in [-0.05, 0) is 13.8 Å². The van der Waals surface area contributed by atoms with Crippen molar-refractivity contribution < 1.29 is 4.79 Å². The first-order valence-electron chi connectivity index (χ1n) is 5.14. The highest BCUT2D eigenvalue weighted by molar-refractivity contribution is 14.1. The molecule has 1 aliphatic heterocycles. The molecule has 1 unspecified atom stereocenters. The number of halogens is 1. The van der Waals surface area contributed by atoms with Gasteiger partial charge in [0.2, 0.25) is 5.91 Å². The standard InChI is InChI=1S/C10H19IN2O/c1-8(2)12-4-5-13(9(3)14)7-10(11)6-12/h8,10H,4-7H2,1-3H3. The molecule has 4 heteroatoms. The third-order valence-electron chi connectivity index (χ3n) is 2.68. The van der Waals surface area contributed by atoms with Crippen molar-refractivity contribution in [3.05, 3.63) is 0 Å². The fourth-order valence-electron chi connectivity index (χ4n) is 1.74. The fraction of sp³-hybridized carbons (Fsp3) is 0.900. The maximum atomic E-state index is 11.3. The second kappa shape index (κ2) is 5.30. The second-order valence-electron chi connectivity index (χ2n) is 4.15. The summed E-state index contributed by atoms with van der Waals surface area (Å²) in [4.78, 5) is 15.7. The van der Waals surface area contributed by atoms with E-state index in [0.717, 1.165) is 26.2 Å². The van der Waals surface area contributed by atoms with Gasteiger partial charge in [0.05, 0.1) is 0 Å². The van der Waals surface area contributed by atoms with Crippen LogP contribution in [0.25, 0.3) is 0 Å². The first kappa shape index (κ1) is 12.2. The van der Waals surface area contributed by atoms with Crippen molar-refractivity contribution in [2.24, 2.45) is 0 Å². The van der Waals surface area contributed by atoms with E-state index in [1.165, 1.54) is 0 Å². The lowest BCUT2D eigenvalue weighted by Crippen LogP contribution is -2.36. The van der Waals surface area contributed by atoms with E-state index in [-0.39, 0.29) is 5.91 Å². The maximum absolute atomic E-state index is 11.3. The van der Waals surface area contributed by atoms with E-state index in [1.807, 2.05) is 4.90 Å². The Morgan fingerprint density at radius 1 is 1.36 bits per heavy atom. The average Bonchev–Trinajstić information content (AvgIpc) is 2.26. The van der Waals surface area contributed by atoms with Crippen LogP contribution in [0.2, 0.25) is 0 Å². The summed E-state index contributed by atoms with van der Waals surface area (Å²) in [5, 5.41) is 0. The van der Waals surface area contributed by atoms with E-state index in [2.05, 4.69) is 41.3 Å². The summed E-state index contributed by atoms with van der Waals surface area (Å²) in [7, 11) is 0. The number of hydrogen-bond donors (Lipinski definition) is 0. The SMILES string of the molecule is CC(=O)N1CCN(C(C)C)CC(I)C1. The van der Waals surface area contributed by atoms with Crippen LogP contribution >= 0.6 is 22.6 Å². The number of hydrogen-bond acceptors (Lipinski definition) is 2. The normalized spacial score (nSPS) is 25.2. The van der Waals surface area contributed by atoms with Gasteiger partial charge in [0.1, 0.15) is 0 Å². The van der Waals surface area contributed by atoms with Crippen LogP contribution in [0, 0.1) is 0 Å². The third kappa shape index (κ3) is 3.38. The lowest BCUT2D eigenvalue weighted by molar-refractivity contribution is -0.128. The Hall–Kier alpha value is 0.160. The Bertz CT molecular complexity index is 208. The number of carbonyl (C=O) groups is 1. The number of carbonyl (C=O) groups excluding carboxylic acids is 1. The topological polar surface area (TPSA) is 23.6 Å². The van der Waals surface area contributed by atoms with Gasteiger partial charge in [-0.1, -0.05) is 22.6 Å². The number of alkyl halides is 1. The van der Waals surface area contributed by atoms with E-state index in [4.69, 9.17) is 0 Å². The van der Waals surface area contributed by atoms with Gasteiger partial charge in [-0.15, -0.1) is 0 Å². The van der Waals surface area contributed by atoms with Gasteiger partial charge in [0, 0.05) is 43.1 Å². The Kier molecular flexibility index (Phi) is 4.63. The van der Waals surface area contributed by atoms with Gasteiger partial charge >= 0.3 is 0 Å². The zero-order chi connectivity index (χ0) is 10.7. The van der Waals surface area contributed by atoms with Crippen molar-refractivity contribution in [3.63, 3.8) is 0 Å². The van der Waals surface area contributed by atoms with Crippen molar-refractivity contribution in [1.29, 1.82) is 0 Å². The van der Waals surface area contributed by atoms with Gasteiger partial charge in [-0.2, -0.15) is 0 Å². The van der Waals surface area contributed by atoms with Crippen LogP contribution in [-0.2, 0) is 4.79 Å². The highest BCUT2D eigenvalue weighted by Gasteiger charge is 2.23. The summed E-state index contributed by atoms with van der Waals surface area (Å²) in [5.41, 5.74) is 0. The minimum Gasteiger partial charge on any atom is -0.341 e. The van der Waals surface area contributed by atoms with Crippen molar-refractivity contribution in [2.75, 3.05) is 26.2 Å². The number of amides is 1. The van der Waals surface area contributed by atoms with E-state index < -0.39 is 0 Å². The van der Waals surface area contributed by atoms with Crippen LogP contribution in [0.1, 0.15) is 20.8 Å². The van der Waals surface area contributed by atoms with Crippen molar-refractivity contribution in [3.8, 4) is 0 Å². The van der Waals surface area contributed by atoms with Crippen LogP contribution in [-0.4, -0.2) is 51.9 Å². The van der Waals surface area contributed by atoms with Crippen LogP contribution in [0.4, 0.5) is 0 Å². The highest BCUT2D eigenvalue weighted by Crippen LogP contribution is 2.13. The number of nitrogens with zero attached hydrogens (tertiary/aromatic N) is 2. The molecule has 0 bridgehead atoms. The molecule has 1 aliphatic rings. The molecule has 14 heavy (non-hydrogen) atoms. The maximum Gasteiger partial charge on any atom is 0.219 e. The van der Waals surface area contributed by atoms with Gasteiger partial charge < -0.3 is 4.90 Å². The molecule has 0 aromatic carbocycles. The molecule has 0 N–H and O–H groups in total. The minimum absolute atomic E-state index is 0.206. The summed E-state index contributed by atoms with van der Waals surface area (Å²) < 4.78 is 0.557. The van der Waals surface area contributed by atoms with Crippen LogP contribution < -0.4 is 0 Å². The highest BCUT2D eigenvalue weighted by atomic mass is 127. The predicted molar refractivity (Wildman–Crippen MR) is 66.8 cm³/mol. The number of rotatable bonds is 1. The van der Waals surface area contributed by atoms with Crippen molar-refractivity contribution in [2.45, 2.75) is 30.7 Å². The van der Waals surface area contributed by atoms with Crippen LogP contribution in [0.3, 0.4) is 0 Å². The Morgan fingerprint density at radius 3 is 2.50 bits per heavy atom. The first-order chi connectivity index (χ1) is 6.50. The molecule has 82 valence electrons. The molecule has 0 spiro atoms.